The van der Waals surface area contributed by atoms with Gasteiger partial charge in [0.15, 0.2) is 0 Å². The normalized spacial score (nSPS) is 17.4. The van der Waals surface area contributed by atoms with Gasteiger partial charge in [-0.1, -0.05) is 0 Å². The van der Waals surface area contributed by atoms with Crippen LogP contribution >= 0.6 is 0 Å². The first-order valence-electron chi connectivity index (χ1n) is 7.73. The molecule has 128 valence electrons. The number of furan rings is 1. The molecule has 0 bridgehead atoms. The second-order valence-electron chi connectivity index (χ2n) is 5.69. The first-order chi connectivity index (χ1) is 12.1. The minimum Gasteiger partial charge on any atom is -0.465 e. The average Bonchev–Trinajstić information content (AvgIpc) is 3.24. The van der Waals surface area contributed by atoms with E-state index in [0.29, 0.717) is 31.0 Å². The van der Waals surface area contributed by atoms with Crippen molar-refractivity contribution in [3.8, 4) is 6.07 Å². The van der Waals surface area contributed by atoms with Crippen molar-refractivity contribution in [2.75, 3.05) is 18.0 Å². The fraction of sp³-hybridized carbons (Fsp3) is 0.222. The molecular formula is C18H15F2N3O2. The number of rotatable bonds is 4. The van der Waals surface area contributed by atoms with E-state index >= 15 is 0 Å². The SMILES string of the molecule is N#CC(=Cc1ccco1)C(=O)NC1CCN(c2ccc(F)cc2F)C1. The fourth-order valence-electron chi connectivity index (χ4n) is 2.76. The molecular weight excluding hydrogens is 328 g/mol. The lowest BCUT2D eigenvalue weighted by Gasteiger charge is -2.19. The first-order valence-corrected chi connectivity index (χ1v) is 7.73. The van der Waals surface area contributed by atoms with E-state index in [-0.39, 0.29) is 11.6 Å². The van der Waals surface area contributed by atoms with Crippen LogP contribution in [0.3, 0.4) is 0 Å². The minimum absolute atomic E-state index is 0.0682. The monoisotopic (exact) mass is 343 g/mol. The van der Waals surface area contributed by atoms with Gasteiger partial charge in [0, 0.05) is 31.3 Å². The summed E-state index contributed by atoms with van der Waals surface area (Å²) in [6.45, 7) is 0.908. The molecule has 25 heavy (non-hydrogen) atoms. The molecule has 5 nitrogen and oxygen atoms in total. The van der Waals surface area contributed by atoms with Crippen molar-refractivity contribution in [1.82, 2.24) is 5.32 Å². The summed E-state index contributed by atoms with van der Waals surface area (Å²) in [5.41, 5.74) is 0.228. The molecule has 1 atom stereocenters. The van der Waals surface area contributed by atoms with E-state index in [1.54, 1.807) is 17.0 Å². The van der Waals surface area contributed by atoms with Crippen LogP contribution in [0.15, 0.2) is 46.6 Å². The summed E-state index contributed by atoms with van der Waals surface area (Å²) in [5.74, 6) is -1.37. The van der Waals surface area contributed by atoms with Gasteiger partial charge >= 0.3 is 0 Å². The zero-order chi connectivity index (χ0) is 17.8. The molecule has 0 saturated carbocycles. The van der Waals surface area contributed by atoms with Crippen LogP contribution in [0.2, 0.25) is 0 Å². The molecule has 0 spiro atoms. The fourth-order valence-corrected chi connectivity index (χ4v) is 2.76. The predicted octanol–water partition coefficient (Wildman–Crippen LogP) is 2.86. The van der Waals surface area contributed by atoms with E-state index in [1.165, 1.54) is 24.5 Å². The summed E-state index contributed by atoms with van der Waals surface area (Å²) in [5, 5.41) is 11.9. The van der Waals surface area contributed by atoms with E-state index < -0.39 is 17.5 Å². The van der Waals surface area contributed by atoms with Crippen molar-refractivity contribution in [3.63, 3.8) is 0 Å². The molecule has 1 saturated heterocycles. The molecule has 1 aliphatic heterocycles. The molecule has 7 heteroatoms. The van der Waals surface area contributed by atoms with E-state index in [0.717, 1.165) is 6.07 Å². The number of hydrogen-bond acceptors (Lipinski definition) is 4. The molecule has 1 aromatic heterocycles. The van der Waals surface area contributed by atoms with Crippen LogP contribution in [0.1, 0.15) is 12.2 Å². The topological polar surface area (TPSA) is 69.3 Å². The van der Waals surface area contributed by atoms with Gasteiger partial charge in [-0.15, -0.1) is 0 Å². The van der Waals surface area contributed by atoms with Crippen LogP contribution in [0.25, 0.3) is 6.08 Å². The summed E-state index contributed by atoms with van der Waals surface area (Å²) in [6, 6.07) is 8.32. The molecule has 3 rings (SSSR count). The maximum Gasteiger partial charge on any atom is 0.262 e. The maximum absolute atomic E-state index is 13.9. The van der Waals surface area contributed by atoms with E-state index in [1.807, 2.05) is 6.07 Å². The van der Waals surface area contributed by atoms with Gasteiger partial charge in [0.2, 0.25) is 0 Å². The highest BCUT2D eigenvalue weighted by atomic mass is 19.1. The predicted molar refractivity (Wildman–Crippen MR) is 87.4 cm³/mol. The van der Waals surface area contributed by atoms with Gasteiger partial charge in [-0.3, -0.25) is 4.79 Å². The number of amides is 1. The lowest BCUT2D eigenvalue weighted by Crippen LogP contribution is -2.37. The number of nitrogens with one attached hydrogen (secondary N) is 1. The highest BCUT2D eigenvalue weighted by molar-refractivity contribution is 6.01. The van der Waals surface area contributed by atoms with Gasteiger partial charge in [-0.25, -0.2) is 8.78 Å². The number of halogens is 2. The first kappa shape index (κ1) is 16.7. The molecule has 1 amide bonds. The zero-order valence-electron chi connectivity index (χ0n) is 13.2. The van der Waals surface area contributed by atoms with Gasteiger partial charge < -0.3 is 14.6 Å². The third-order valence-corrected chi connectivity index (χ3v) is 3.97. The van der Waals surface area contributed by atoms with E-state index in [2.05, 4.69) is 5.32 Å². The Labute approximate surface area is 143 Å². The molecule has 1 fully saturated rings. The van der Waals surface area contributed by atoms with Crippen molar-refractivity contribution in [2.45, 2.75) is 12.5 Å². The Bertz CT molecular complexity index is 841. The molecule has 1 unspecified atom stereocenters. The molecule has 1 N–H and O–H groups in total. The summed E-state index contributed by atoms with van der Waals surface area (Å²) in [7, 11) is 0. The van der Waals surface area contributed by atoms with Crippen LogP contribution in [0.4, 0.5) is 14.5 Å². The van der Waals surface area contributed by atoms with Crippen molar-refractivity contribution in [3.05, 3.63) is 59.6 Å². The Morgan fingerprint density at radius 2 is 2.24 bits per heavy atom. The summed E-state index contributed by atoms with van der Waals surface area (Å²) in [6.07, 6.45) is 3.41. The standard InChI is InChI=1S/C18H15F2N3O2/c19-13-3-4-17(16(20)9-13)23-6-5-14(11-23)22-18(24)12(10-21)8-15-2-1-7-25-15/h1-4,7-9,14H,5-6,11H2,(H,22,24). The number of nitrogens with zero attached hydrogens (tertiary/aromatic N) is 2. The zero-order valence-corrected chi connectivity index (χ0v) is 13.2. The Morgan fingerprint density at radius 1 is 1.40 bits per heavy atom. The Balaban J connectivity index is 1.64. The number of carbonyl (C=O) groups excluding carboxylic acids is 1. The Morgan fingerprint density at radius 3 is 2.92 bits per heavy atom. The van der Waals surface area contributed by atoms with Crippen molar-refractivity contribution < 1.29 is 18.0 Å². The van der Waals surface area contributed by atoms with Crippen LogP contribution in [0, 0.1) is 23.0 Å². The van der Waals surface area contributed by atoms with Crippen LogP contribution in [-0.4, -0.2) is 25.0 Å². The number of carbonyl (C=O) groups is 1. The van der Waals surface area contributed by atoms with Crippen molar-refractivity contribution >= 4 is 17.7 Å². The van der Waals surface area contributed by atoms with Crippen LogP contribution in [0.5, 0.6) is 0 Å². The number of hydrogen-bond donors (Lipinski definition) is 1. The van der Waals surface area contributed by atoms with Crippen LogP contribution in [-0.2, 0) is 4.79 Å². The lowest BCUT2D eigenvalue weighted by molar-refractivity contribution is -0.117. The third-order valence-electron chi connectivity index (χ3n) is 3.97. The van der Waals surface area contributed by atoms with Crippen LogP contribution < -0.4 is 10.2 Å². The second kappa shape index (κ2) is 7.18. The van der Waals surface area contributed by atoms with Gasteiger partial charge in [0.1, 0.15) is 29.0 Å². The highest BCUT2D eigenvalue weighted by Gasteiger charge is 2.26. The Hall–Kier alpha value is -3.14. The third kappa shape index (κ3) is 3.86. The molecule has 0 aliphatic carbocycles. The van der Waals surface area contributed by atoms with Crippen molar-refractivity contribution in [2.24, 2.45) is 0 Å². The van der Waals surface area contributed by atoms with Gasteiger partial charge in [0.25, 0.3) is 5.91 Å². The van der Waals surface area contributed by atoms with Crippen molar-refractivity contribution in [1.29, 1.82) is 5.26 Å². The quantitative estimate of drug-likeness (QED) is 0.685. The molecule has 2 aromatic rings. The van der Waals surface area contributed by atoms with Gasteiger partial charge in [0.05, 0.1) is 12.0 Å². The number of nitriles is 1. The largest absolute Gasteiger partial charge is 0.465 e. The average molecular weight is 343 g/mol. The van der Waals surface area contributed by atoms with E-state index in [4.69, 9.17) is 9.68 Å². The molecule has 1 aliphatic rings. The second-order valence-corrected chi connectivity index (χ2v) is 5.69. The summed E-state index contributed by atoms with van der Waals surface area (Å²) < 4.78 is 32.0. The molecule has 1 aromatic carbocycles. The number of benzene rings is 1. The molecule has 2 heterocycles. The minimum atomic E-state index is -0.637. The van der Waals surface area contributed by atoms with Gasteiger partial charge in [-0.05, 0) is 30.7 Å². The summed E-state index contributed by atoms with van der Waals surface area (Å²) in [4.78, 5) is 14.0. The molecule has 0 radical (unpaired) electrons. The van der Waals surface area contributed by atoms with E-state index in [9.17, 15) is 13.6 Å². The van der Waals surface area contributed by atoms with Gasteiger partial charge in [-0.2, -0.15) is 5.26 Å². The maximum atomic E-state index is 13.9. The highest BCUT2D eigenvalue weighted by Crippen LogP contribution is 2.24. The summed E-state index contributed by atoms with van der Waals surface area (Å²) >= 11 is 0. The number of anilines is 1. The Kier molecular flexibility index (Phi) is 4.80. The smallest absolute Gasteiger partial charge is 0.262 e. The lowest BCUT2D eigenvalue weighted by atomic mass is 10.2.